The number of ether oxygens (including phenoxy) is 1. The summed E-state index contributed by atoms with van der Waals surface area (Å²) in [6.07, 6.45) is 4.62. The Labute approximate surface area is 190 Å². The number of rotatable bonds is 6. The molecule has 0 aliphatic heterocycles. The standard InChI is InChI=1S/C14H13BrN6O3S.C4H6.C2H6/c1-24-10-4-2-9(3-5-10)8-21-13(18-19-20-21)12-11(15)6-7-17-14(12)25(16,22)23;1-3-4-2;1-2/h2-7H,8H2,1H3,(H2,16,22,23);3-4H,1-2H2;1-2H3. The average molecular weight is 509 g/mol. The summed E-state index contributed by atoms with van der Waals surface area (Å²) in [5, 5.41) is 16.5. The fourth-order valence-corrected chi connectivity index (χ4v) is 3.54. The summed E-state index contributed by atoms with van der Waals surface area (Å²) in [6.45, 7) is 11.1. The molecule has 0 aliphatic carbocycles. The highest BCUT2D eigenvalue weighted by molar-refractivity contribution is 9.10. The van der Waals surface area contributed by atoms with Gasteiger partial charge in [-0.1, -0.05) is 51.3 Å². The first-order valence-corrected chi connectivity index (χ1v) is 11.5. The maximum atomic E-state index is 11.8. The fraction of sp³-hybridized carbons (Fsp3) is 0.200. The minimum Gasteiger partial charge on any atom is -0.497 e. The summed E-state index contributed by atoms with van der Waals surface area (Å²) in [7, 11) is -2.46. The van der Waals surface area contributed by atoms with Crippen molar-refractivity contribution in [1.82, 2.24) is 25.2 Å². The van der Waals surface area contributed by atoms with Gasteiger partial charge in [-0.3, -0.25) is 0 Å². The van der Waals surface area contributed by atoms with Gasteiger partial charge in [0, 0.05) is 10.7 Å². The predicted octanol–water partition coefficient (Wildman–Crippen LogP) is 3.59. The molecule has 3 aromatic rings. The Morgan fingerprint density at radius 1 is 1.16 bits per heavy atom. The molecule has 0 fully saturated rings. The highest BCUT2D eigenvalue weighted by Gasteiger charge is 2.24. The maximum Gasteiger partial charge on any atom is 0.256 e. The fourth-order valence-electron chi connectivity index (χ4n) is 2.23. The van der Waals surface area contributed by atoms with Crippen LogP contribution >= 0.6 is 15.9 Å². The Kier molecular flexibility index (Phi) is 10.7. The second kappa shape index (κ2) is 12.7. The van der Waals surface area contributed by atoms with Crippen molar-refractivity contribution in [3.63, 3.8) is 0 Å². The van der Waals surface area contributed by atoms with E-state index >= 15 is 0 Å². The molecule has 0 unspecified atom stereocenters. The normalized spacial score (nSPS) is 10.1. The van der Waals surface area contributed by atoms with E-state index in [0.717, 1.165) is 11.3 Å². The molecule has 0 spiro atoms. The molecule has 11 heteroatoms. The first kappa shape index (κ1) is 26.1. The van der Waals surface area contributed by atoms with Crippen LogP contribution in [0.15, 0.2) is 71.3 Å². The number of hydrogen-bond donors (Lipinski definition) is 1. The Balaban J connectivity index is 0.000000720. The van der Waals surface area contributed by atoms with Crippen molar-refractivity contribution in [2.45, 2.75) is 25.4 Å². The molecule has 31 heavy (non-hydrogen) atoms. The molecule has 9 nitrogen and oxygen atoms in total. The number of nitrogens with zero attached hydrogens (tertiary/aromatic N) is 5. The number of primary sulfonamides is 1. The van der Waals surface area contributed by atoms with Crippen LogP contribution in [0, 0.1) is 0 Å². The van der Waals surface area contributed by atoms with Gasteiger partial charge in [-0.25, -0.2) is 23.2 Å². The smallest absolute Gasteiger partial charge is 0.256 e. The van der Waals surface area contributed by atoms with Crippen molar-refractivity contribution >= 4 is 26.0 Å². The largest absolute Gasteiger partial charge is 0.497 e. The summed E-state index contributed by atoms with van der Waals surface area (Å²) in [4.78, 5) is 3.87. The van der Waals surface area contributed by atoms with Crippen LogP contribution in [0.2, 0.25) is 0 Å². The highest BCUT2D eigenvalue weighted by atomic mass is 79.9. The lowest BCUT2D eigenvalue weighted by Crippen LogP contribution is -2.16. The first-order valence-electron chi connectivity index (χ1n) is 9.12. The minimum absolute atomic E-state index is 0.212. The summed E-state index contributed by atoms with van der Waals surface area (Å²) in [5.41, 5.74) is 1.12. The number of sulfonamides is 1. The molecule has 0 amide bonds. The van der Waals surface area contributed by atoms with Gasteiger partial charge in [-0.05, 0) is 50.1 Å². The number of halogens is 1. The monoisotopic (exact) mass is 508 g/mol. The Bertz CT molecular complexity index is 1090. The van der Waals surface area contributed by atoms with Gasteiger partial charge >= 0.3 is 0 Å². The maximum absolute atomic E-state index is 11.8. The van der Waals surface area contributed by atoms with Gasteiger partial charge in [-0.2, -0.15) is 0 Å². The number of nitrogens with two attached hydrogens (primary N) is 1. The molecule has 2 aromatic heterocycles. The highest BCUT2D eigenvalue weighted by Crippen LogP contribution is 2.31. The third kappa shape index (κ3) is 7.39. The van der Waals surface area contributed by atoms with Crippen molar-refractivity contribution < 1.29 is 13.2 Å². The molecule has 0 radical (unpaired) electrons. The lowest BCUT2D eigenvalue weighted by atomic mass is 10.2. The van der Waals surface area contributed by atoms with Gasteiger partial charge < -0.3 is 4.74 Å². The van der Waals surface area contributed by atoms with E-state index in [1.807, 2.05) is 38.1 Å². The van der Waals surface area contributed by atoms with E-state index in [2.05, 4.69) is 49.6 Å². The zero-order valence-electron chi connectivity index (χ0n) is 17.6. The van der Waals surface area contributed by atoms with E-state index in [1.54, 1.807) is 25.3 Å². The van der Waals surface area contributed by atoms with Crippen LogP contribution in [0.5, 0.6) is 5.75 Å². The molecule has 0 saturated carbocycles. The van der Waals surface area contributed by atoms with Crippen molar-refractivity contribution in [2.24, 2.45) is 5.14 Å². The van der Waals surface area contributed by atoms with Crippen molar-refractivity contribution in [3.05, 3.63) is 71.9 Å². The quantitative estimate of drug-likeness (QED) is 0.504. The van der Waals surface area contributed by atoms with Crippen LogP contribution in [-0.4, -0.2) is 40.7 Å². The van der Waals surface area contributed by atoms with E-state index in [4.69, 9.17) is 9.88 Å². The third-order valence-corrected chi connectivity index (χ3v) is 5.06. The molecule has 0 bridgehead atoms. The van der Waals surface area contributed by atoms with Crippen LogP contribution in [0.4, 0.5) is 0 Å². The summed E-state index contributed by atoms with van der Waals surface area (Å²) < 4.78 is 30.8. The lowest BCUT2D eigenvalue weighted by molar-refractivity contribution is 0.414. The molecular formula is C20H25BrN6O3S. The van der Waals surface area contributed by atoms with Crippen molar-refractivity contribution in [3.8, 4) is 17.1 Å². The number of tetrazole rings is 1. The third-order valence-electron chi connectivity index (χ3n) is 3.55. The van der Waals surface area contributed by atoms with Crippen LogP contribution in [0.3, 0.4) is 0 Å². The summed E-state index contributed by atoms with van der Waals surface area (Å²) in [5.74, 6) is 0.965. The van der Waals surface area contributed by atoms with E-state index < -0.39 is 10.0 Å². The van der Waals surface area contributed by atoms with Gasteiger partial charge in [0.2, 0.25) is 0 Å². The Hall–Kier alpha value is -2.89. The zero-order chi connectivity index (χ0) is 23.4. The number of allylic oxidation sites excluding steroid dienone is 2. The van der Waals surface area contributed by atoms with E-state index in [1.165, 1.54) is 10.9 Å². The molecule has 1 aromatic carbocycles. The molecule has 2 N–H and O–H groups in total. The molecule has 0 aliphatic rings. The number of methoxy groups -OCH3 is 1. The number of hydrogen-bond acceptors (Lipinski definition) is 7. The Morgan fingerprint density at radius 2 is 1.77 bits per heavy atom. The van der Waals surface area contributed by atoms with Crippen molar-refractivity contribution in [1.29, 1.82) is 0 Å². The second-order valence-corrected chi connectivity index (χ2v) is 7.83. The summed E-state index contributed by atoms with van der Waals surface area (Å²) in [6, 6.07) is 8.95. The average Bonchev–Trinajstić information content (AvgIpc) is 3.22. The molecule has 166 valence electrons. The van der Waals surface area contributed by atoms with E-state index in [-0.39, 0.29) is 16.4 Å². The molecule has 2 heterocycles. The lowest BCUT2D eigenvalue weighted by Gasteiger charge is -2.10. The molecular weight excluding hydrogens is 484 g/mol. The number of benzene rings is 1. The van der Waals surface area contributed by atoms with Gasteiger partial charge in [0.25, 0.3) is 10.0 Å². The van der Waals surface area contributed by atoms with Crippen LogP contribution in [0.25, 0.3) is 11.4 Å². The van der Waals surface area contributed by atoms with E-state index in [0.29, 0.717) is 11.0 Å². The van der Waals surface area contributed by atoms with Crippen LogP contribution in [0.1, 0.15) is 19.4 Å². The van der Waals surface area contributed by atoms with Crippen LogP contribution in [-0.2, 0) is 16.6 Å². The topological polar surface area (TPSA) is 126 Å². The number of pyridine rings is 1. The molecule has 3 rings (SSSR count). The number of aromatic nitrogens is 5. The van der Waals surface area contributed by atoms with Crippen molar-refractivity contribution in [2.75, 3.05) is 7.11 Å². The van der Waals surface area contributed by atoms with Gasteiger partial charge in [0.15, 0.2) is 10.9 Å². The molecule has 0 atom stereocenters. The van der Waals surface area contributed by atoms with Gasteiger partial charge in [0.05, 0.1) is 19.2 Å². The SMILES string of the molecule is C=CC=C.CC.COc1ccc(Cn2nnnc2-c2c(Br)ccnc2S(N)(=O)=O)cc1. The summed E-state index contributed by atoms with van der Waals surface area (Å²) >= 11 is 3.31. The van der Waals surface area contributed by atoms with Gasteiger partial charge in [-0.15, -0.1) is 5.10 Å². The zero-order valence-corrected chi connectivity index (χ0v) is 20.0. The Morgan fingerprint density at radius 3 is 2.29 bits per heavy atom. The van der Waals surface area contributed by atoms with Crippen LogP contribution < -0.4 is 9.88 Å². The van der Waals surface area contributed by atoms with Gasteiger partial charge in [0.1, 0.15) is 5.75 Å². The molecule has 0 saturated heterocycles. The van der Waals surface area contributed by atoms with E-state index in [9.17, 15) is 8.42 Å². The minimum atomic E-state index is -4.05. The predicted molar refractivity (Wildman–Crippen MR) is 124 cm³/mol. The first-order chi connectivity index (χ1) is 14.8. The second-order valence-electron chi connectivity index (χ2n) is 5.50.